The first kappa shape index (κ1) is 9.93. The van der Waals surface area contributed by atoms with Crippen molar-refractivity contribution >= 4 is 16.5 Å². The van der Waals surface area contributed by atoms with Gasteiger partial charge in [-0.05, 0) is 25.7 Å². The molecule has 1 aliphatic rings. The van der Waals surface area contributed by atoms with Crippen LogP contribution >= 0.6 is 11.3 Å². The Hall–Kier alpha value is -0.610. The minimum atomic E-state index is -0.331. The second kappa shape index (κ2) is 3.51. The summed E-state index contributed by atoms with van der Waals surface area (Å²) in [5.41, 5.74) is -0.331. The molecule has 3 nitrogen and oxygen atoms in total. The number of rotatable bonds is 4. The van der Waals surface area contributed by atoms with Crippen molar-refractivity contribution in [3.8, 4) is 0 Å². The van der Waals surface area contributed by atoms with Crippen LogP contribution in [0.2, 0.25) is 0 Å². The molecule has 2 rings (SSSR count). The molecule has 0 radical (unpaired) electrons. The van der Waals surface area contributed by atoms with Gasteiger partial charge < -0.3 is 10.0 Å². The number of thiazole rings is 1. The Morgan fingerprint density at radius 1 is 1.57 bits per heavy atom. The van der Waals surface area contributed by atoms with Gasteiger partial charge in [-0.3, -0.25) is 0 Å². The van der Waals surface area contributed by atoms with E-state index in [9.17, 15) is 5.11 Å². The standard InChI is InChI=1S/C10H16N2OS/c1-12(2)9-11-7-8(14-9)3-4-10(13)5-6-10/h7,13H,3-6H2,1-2H3. The highest BCUT2D eigenvalue weighted by Gasteiger charge is 2.39. The number of aryl methyl sites for hydroxylation is 1. The monoisotopic (exact) mass is 212 g/mol. The highest BCUT2D eigenvalue weighted by Crippen LogP contribution is 2.39. The lowest BCUT2D eigenvalue weighted by atomic mass is 10.1. The maximum absolute atomic E-state index is 9.68. The van der Waals surface area contributed by atoms with Crippen molar-refractivity contribution in [3.05, 3.63) is 11.1 Å². The number of aromatic nitrogens is 1. The van der Waals surface area contributed by atoms with Crippen LogP contribution < -0.4 is 4.90 Å². The quantitative estimate of drug-likeness (QED) is 0.824. The van der Waals surface area contributed by atoms with E-state index >= 15 is 0 Å². The third kappa shape index (κ3) is 2.25. The molecule has 0 saturated heterocycles. The highest BCUT2D eigenvalue weighted by molar-refractivity contribution is 7.15. The third-order valence-corrected chi connectivity index (χ3v) is 3.81. The van der Waals surface area contributed by atoms with E-state index in [-0.39, 0.29) is 5.60 Å². The summed E-state index contributed by atoms with van der Waals surface area (Å²) in [5, 5.41) is 10.7. The minimum absolute atomic E-state index is 0.331. The summed E-state index contributed by atoms with van der Waals surface area (Å²) in [6.07, 6.45) is 5.73. The number of anilines is 1. The zero-order valence-corrected chi connectivity index (χ0v) is 9.47. The predicted octanol–water partition coefficient (Wildman–Crippen LogP) is 1.67. The summed E-state index contributed by atoms with van der Waals surface area (Å²) < 4.78 is 0. The van der Waals surface area contributed by atoms with Crippen LogP contribution in [0, 0.1) is 0 Å². The van der Waals surface area contributed by atoms with Crippen LogP contribution in [-0.4, -0.2) is 29.8 Å². The van der Waals surface area contributed by atoms with Gasteiger partial charge in [-0.2, -0.15) is 0 Å². The molecule has 1 aliphatic carbocycles. The fraction of sp³-hybridized carbons (Fsp3) is 0.700. The van der Waals surface area contributed by atoms with E-state index in [1.165, 1.54) is 4.88 Å². The molecule has 4 heteroatoms. The largest absolute Gasteiger partial charge is 0.390 e. The molecule has 1 heterocycles. The van der Waals surface area contributed by atoms with E-state index in [2.05, 4.69) is 4.98 Å². The van der Waals surface area contributed by atoms with E-state index in [1.807, 2.05) is 25.2 Å². The molecule has 0 aromatic carbocycles. The first-order chi connectivity index (χ1) is 6.59. The van der Waals surface area contributed by atoms with Gasteiger partial charge in [0, 0.05) is 25.2 Å². The molecule has 14 heavy (non-hydrogen) atoms. The summed E-state index contributed by atoms with van der Waals surface area (Å²) in [7, 11) is 3.99. The zero-order chi connectivity index (χ0) is 10.2. The van der Waals surface area contributed by atoms with Crippen molar-refractivity contribution in [2.24, 2.45) is 0 Å². The third-order valence-electron chi connectivity index (χ3n) is 2.59. The van der Waals surface area contributed by atoms with E-state index < -0.39 is 0 Å². The Labute approximate surface area is 88.4 Å². The van der Waals surface area contributed by atoms with Crippen LogP contribution in [0.15, 0.2) is 6.20 Å². The molecule has 78 valence electrons. The fourth-order valence-electron chi connectivity index (χ4n) is 1.37. The SMILES string of the molecule is CN(C)c1ncc(CCC2(O)CC2)s1. The smallest absolute Gasteiger partial charge is 0.184 e. The average Bonchev–Trinajstić information content (AvgIpc) is 2.68. The first-order valence-electron chi connectivity index (χ1n) is 4.93. The van der Waals surface area contributed by atoms with Gasteiger partial charge in [0.15, 0.2) is 5.13 Å². The molecule has 0 amide bonds. The second-order valence-corrected chi connectivity index (χ2v) is 5.32. The summed E-state index contributed by atoms with van der Waals surface area (Å²) in [6.45, 7) is 0. The van der Waals surface area contributed by atoms with Crippen LogP contribution in [-0.2, 0) is 6.42 Å². The maximum Gasteiger partial charge on any atom is 0.184 e. The van der Waals surface area contributed by atoms with Crippen LogP contribution in [0.3, 0.4) is 0 Å². The second-order valence-electron chi connectivity index (χ2n) is 4.23. The average molecular weight is 212 g/mol. The molecule has 0 atom stereocenters. The fourth-order valence-corrected chi connectivity index (χ4v) is 2.20. The van der Waals surface area contributed by atoms with Crippen LogP contribution in [0.25, 0.3) is 0 Å². The van der Waals surface area contributed by atoms with E-state index in [4.69, 9.17) is 0 Å². The van der Waals surface area contributed by atoms with Crippen molar-refractivity contribution < 1.29 is 5.11 Å². The Balaban J connectivity index is 1.90. The Bertz CT molecular complexity index is 318. The van der Waals surface area contributed by atoms with Crippen molar-refractivity contribution in [3.63, 3.8) is 0 Å². The van der Waals surface area contributed by atoms with E-state index in [1.54, 1.807) is 11.3 Å². The number of hydrogen-bond donors (Lipinski definition) is 1. The molecule has 0 unspecified atom stereocenters. The molecule has 1 N–H and O–H groups in total. The van der Waals surface area contributed by atoms with Crippen LogP contribution in [0.5, 0.6) is 0 Å². The molecular formula is C10H16N2OS. The summed E-state index contributed by atoms with van der Waals surface area (Å²) in [6, 6.07) is 0. The molecule has 1 fully saturated rings. The van der Waals surface area contributed by atoms with E-state index in [0.717, 1.165) is 30.8 Å². The van der Waals surface area contributed by atoms with Crippen LogP contribution in [0.1, 0.15) is 24.1 Å². The topological polar surface area (TPSA) is 36.4 Å². The summed E-state index contributed by atoms with van der Waals surface area (Å²) in [4.78, 5) is 7.59. The molecular weight excluding hydrogens is 196 g/mol. The van der Waals surface area contributed by atoms with Crippen molar-refractivity contribution in [2.45, 2.75) is 31.3 Å². The maximum atomic E-state index is 9.68. The molecule has 1 aromatic rings. The van der Waals surface area contributed by atoms with Gasteiger partial charge in [0.1, 0.15) is 0 Å². The Morgan fingerprint density at radius 3 is 2.79 bits per heavy atom. The van der Waals surface area contributed by atoms with Crippen LogP contribution in [0.4, 0.5) is 5.13 Å². The van der Waals surface area contributed by atoms with Gasteiger partial charge in [-0.1, -0.05) is 0 Å². The summed E-state index contributed by atoms with van der Waals surface area (Å²) >= 11 is 1.71. The lowest BCUT2D eigenvalue weighted by Gasteiger charge is -2.06. The van der Waals surface area contributed by atoms with Crippen molar-refractivity contribution in [2.75, 3.05) is 19.0 Å². The lowest BCUT2D eigenvalue weighted by molar-refractivity contribution is 0.141. The van der Waals surface area contributed by atoms with Crippen molar-refractivity contribution in [1.82, 2.24) is 4.98 Å². The zero-order valence-electron chi connectivity index (χ0n) is 8.66. The molecule has 1 saturated carbocycles. The highest BCUT2D eigenvalue weighted by atomic mass is 32.1. The lowest BCUT2D eigenvalue weighted by Crippen LogP contribution is -2.07. The van der Waals surface area contributed by atoms with Gasteiger partial charge in [0.05, 0.1) is 5.60 Å². The number of nitrogens with zero attached hydrogens (tertiary/aromatic N) is 2. The van der Waals surface area contributed by atoms with Gasteiger partial charge in [0.2, 0.25) is 0 Å². The number of hydrogen-bond acceptors (Lipinski definition) is 4. The first-order valence-corrected chi connectivity index (χ1v) is 5.75. The molecule has 0 bridgehead atoms. The Kier molecular flexibility index (Phi) is 2.49. The van der Waals surface area contributed by atoms with Gasteiger partial charge in [-0.15, -0.1) is 11.3 Å². The summed E-state index contributed by atoms with van der Waals surface area (Å²) in [5.74, 6) is 0. The van der Waals surface area contributed by atoms with E-state index in [0.29, 0.717) is 0 Å². The Morgan fingerprint density at radius 2 is 2.29 bits per heavy atom. The molecule has 0 spiro atoms. The molecule has 1 aromatic heterocycles. The molecule has 0 aliphatic heterocycles. The normalized spacial score (nSPS) is 18.2. The predicted molar refractivity (Wildman–Crippen MR) is 58.9 cm³/mol. The van der Waals surface area contributed by atoms with Gasteiger partial charge in [0.25, 0.3) is 0 Å². The number of aliphatic hydroxyl groups is 1. The minimum Gasteiger partial charge on any atom is -0.390 e. The van der Waals surface area contributed by atoms with Gasteiger partial charge >= 0.3 is 0 Å². The van der Waals surface area contributed by atoms with Crippen molar-refractivity contribution in [1.29, 1.82) is 0 Å². The van der Waals surface area contributed by atoms with Gasteiger partial charge in [-0.25, -0.2) is 4.98 Å².